The molecule has 1 aromatic heterocycles. The third-order valence-corrected chi connectivity index (χ3v) is 5.00. The maximum Gasteiger partial charge on any atom is 0.274 e. The van der Waals surface area contributed by atoms with Crippen LogP contribution in [0.15, 0.2) is 6.07 Å². The predicted octanol–water partition coefficient (Wildman–Crippen LogP) is 1.07. The molecule has 2 aliphatic heterocycles. The number of nitrogens with zero attached hydrogens (tertiary/aromatic N) is 3. The van der Waals surface area contributed by atoms with Crippen molar-refractivity contribution in [3.63, 3.8) is 0 Å². The highest BCUT2D eigenvalue weighted by atomic mass is 16.5. The molecule has 7 heteroatoms. The van der Waals surface area contributed by atoms with Gasteiger partial charge < -0.3 is 14.5 Å². The average Bonchev–Trinajstić information content (AvgIpc) is 3.14. The smallest absolute Gasteiger partial charge is 0.274 e. The lowest BCUT2D eigenvalue weighted by molar-refractivity contribution is -0.128. The van der Waals surface area contributed by atoms with Gasteiger partial charge in [0.2, 0.25) is 5.91 Å². The van der Waals surface area contributed by atoms with Gasteiger partial charge in [-0.05, 0) is 31.7 Å². The van der Waals surface area contributed by atoms with Crippen LogP contribution in [0.1, 0.15) is 35.4 Å². The number of hydrogen-bond donors (Lipinski definition) is 1. The summed E-state index contributed by atoms with van der Waals surface area (Å²) in [7, 11) is 1.68. The summed E-state index contributed by atoms with van der Waals surface area (Å²) in [6.07, 6.45) is 2.48. The topological polar surface area (TPSA) is 78.5 Å². The van der Waals surface area contributed by atoms with Crippen molar-refractivity contribution in [3.8, 4) is 0 Å². The van der Waals surface area contributed by atoms with Crippen LogP contribution in [0.25, 0.3) is 0 Å². The molecule has 3 rings (SSSR count). The Hall–Kier alpha value is -1.89. The Morgan fingerprint density at radius 3 is 2.75 bits per heavy atom. The molecule has 132 valence electrons. The molecular formula is C17H26N4O3. The molecule has 0 saturated carbocycles. The number of amides is 2. The van der Waals surface area contributed by atoms with Gasteiger partial charge in [-0.3, -0.25) is 14.7 Å². The SMILES string of the molecule is COCC1CC(=O)N(CC2CCN(C(=O)c3cc(C)[nH]n3)CC2)C1. The molecule has 2 amide bonds. The standard InChI is InChI=1S/C17H26N4O3/c1-12-7-15(19-18-12)17(23)20-5-3-13(4-6-20)9-21-10-14(11-24-2)8-16(21)22/h7,13-14H,3-6,8-11H2,1-2H3,(H,18,19). The molecule has 0 aromatic carbocycles. The number of aryl methyl sites for hydroxylation is 1. The first kappa shape index (κ1) is 17.0. The highest BCUT2D eigenvalue weighted by Crippen LogP contribution is 2.24. The van der Waals surface area contributed by atoms with Gasteiger partial charge in [0, 0.05) is 51.3 Å². The van der Waals surface area contributed by atoms with Crippen LogP contribution in [-0.4, -0.2) is 71.7 Å². The number of aromatic amines is 1. The Kier molecular flexibility index (Phi) is 5.18. The minimum Gasteiger partial charge on any atom is -0.384 e. The van der Waals surface area contributed by atoms with E-state index in [0.29, 0.717) is 30.6 Å². The Morgan fingerprint density at radius 1 is 1.38 bits per heavy atom. The van der Waals surface area contributed by atoms with Crippen molar-refractivity contribution in [1.29, 1.82) is 0 Å². The third-order valence-electron chi connectivity index (χ3n) is 5.00. The summed E-state index contributed by atoms with van der Waals surface area (Å²) in [5.41, 5.74) is 1.38. The minimum atomic E-state index is -0.00444. The minimum absolute atomic E-state index is 0.00444. The molecule has 2 saturated heterocycles. The van der Waals surface area contributed by atoms with Crippen molar-refractivity contribution in [2.75, 3.05) is 39.9 Å². The lowest BCUT2D eigenvalue weighted by Crippen LogP contribution is -2.42. The van der Waals surface area contributed by atoms with E-state index in [0.717, 1.165) is 44.7 Å². The van der Waals surface area contributed by atoms with Crippen LogP contribution in [0, 0.1) is 18.8 Å². The molecule has 3 heterocycles. The Balaban J connectivity index is 1.47. The van der Waals surface area contributed by atoms with Crippen molar-refractivity contribution in [2.45, 2.75) is 26.2 Å². The van der Waals surface area contributed by atoms with Gasteiger partial charge >= 0.3 is 0 Å². The van der Waals surface area contributed by atoms with Crippen LogP contribution < -0.4 is 0 Å². The highest BCUT2D eigenvalue weighted by molar-refractivity contribution is 5.92. The van der Waals surface area contributed by atoms with Crippen molar-refractivity contribution >= 4 is 11.8 Å². The Bertz CT molecular complexity index is 592. The summed E-state index contributed by atoms with van der Waals surface area (Å²) < 4.78 is 5.17. The van der Waals surface area contributed by atoms with Gasteiger partial charge in [-0.15, -0.1) is 0 Å². The molecule has 0 spiro atoms. The van der Waals surface area contributed by atoms with E-state index in [1.54, 1.807) is 13.2 Å². The molecule has 2 aliphatic rings. The Labute approximate surface area is 142 Å². The van der Waals surface area contributed by atoms with Gasteiger partial charge in [-0.1, -0.05) is 0 Å². The molecular weight excluding hydrogens is 308 g/mol. The molecule has 0 radical (unpaired) electrons. The maximum atomic E-state index is 12.4. The van der Waals surface area contributed by atoms with Gasteiger partial charge in [-0.25, -0.2) is 0 Å². The molecule has 7 nitrogen and oxygen atoms in total. The van der Waals surface area contributed by atoms with Crippen molar-refractivity contribution in [3.05, 3.63) is 17.5 Å². The lowest BCUT2D eigenvalue weighted by Gasteiger charge is -2.33. The van der Waals surface area contributed by atoms with Crippen molar-refractivity contribution < 1.29 is 14.3 Å². The van der Waals surface area contributed by atoms with E-state index in [-0.39, 0.29) is 11.8 Å². The first-order valence-electron chi connectivity index (χ1n) is 8.64. The molecule has 1 N–H and O–H groups in total. The second-order valence-electron chi connectivity index (χ2n) is 7.00. The van der Waals surface area contributed by atoms with E-state index >= 15 is 0 Å². The number of hydrogen-bond acceptors (Lipinski definition) is 4. The second-order valence-corrected chi connectivity index (χ2v) is 7.00. The van der Waals surface area contributed by atoms with Crippen LogP contribution >= 0.6 is 0 Å². The molecule has 1 aromatic rings. The zero-order chi connectivity index (χ0) is 17.1. The molecule has 2 fully saturated rings. The Morgan fingerprint density at radius 2 is 2.12 bits per heavy atom. The zero-order valence-electron chi connectivity index (χ0n) is 14.5. The summed E-state index contributed by atoms with van der Waals surface area (Å²) in [4.78, 5) is 28.3. The molecule has 1 unspecified atom stereocenters. The number of carbonyl (C=O) groups excluding carboxylic acids is 2. The lowest BCUT2D eigenvalue weighted by atomic mass is 9.96. The summed E-state index contributed by atoms with van der Waals surface area (Å²) in [6, 6.07) is 1.78. The number of aromatic nitrogens is 2. The van der Waals surface area contributed by atoms with Crippen LogP contribution in [-0.2, 0) is 9.53 Å². The predicted molar refractivity (Wildman–Crippen MR) is 88.5 cm³/mol. The first-order valence-corrected chi connectivity index (χ1v) is 8.64. The fourth-order valence-electron chi connectivity index (χ4n) is 3.70. The van der Waals surface area contributed by atoms with Crippen LogP contribution in [0.3, 0.4) is 0 Å². The highest BCUT2D eigenvalue weighted by Gasteiger charge is 2.32. The number of carbonyl (C=O) groups is 2. The summed E-state index contributed by atoms with van der Waals surface area (Å²) >= 11 is 0. The van der Waals surface area contributed by atoms with Crippen molar-refractivity contribution in [2.24, 2.45) is 11.8 Å². The fraction of sp³-hybridized carbons (Fsp3) is 0.706. The number of ether oxygens (including phenoxy) is 1. The number of methoxy groups -OCH3 is 1. The van der Waals surface area contributed by atoms with Gasteiger partial charge in [0.25, 0.3) is 5.91 Å². The number of H-pyrrole nitrogens is 1. The number of rotatable bonds is 5. The van der Waals surface area contributed by atoms with E-state index in [2.05, 4.69) is 10.2 Å². The van der Waals surface area contributed by atoms with Gasteiger partial charge in [-0.2, -0.15) is 5.10 Å². The summed E-state index contributed by atoms with van der Waals surface area (Å²) in [6.45, 7) is 5.62. The third kappa shape index (κ3) is 3.77. The van der Waals surface area contributed by atoms with Crippen LogP contribution in [0.5, 0.6) is 0 Å². The van der Waals surface area contributed by atoms with E-state index in [1.807, 2.05) is 16.7 Å². The largest absolute Gasteiger partial charge is 0.384 e. The van der Waals surface area contributed by atoms with Gasteiger partial charge in [0.1, 0.15) is 5.69 Å². The monoisotopic (exact) mass is 334 g/mol. The molecule has 1 atom stereocenters. The second kappa shape index (κ2) is 7.34. The van der Waals surface area contributed by atoms with E-state index < -0.39 is 0 Å². The van der Waals surface area contributed by atoms with E-state index in [9.17, 15) is 9.59 Å². The molecule has 0 bridgehead atoms. The summed E-state index contributed by atoms with van der Waals surface area (Å²) in [5, 5.41) is 6.86. The average molecular weight is 334 g/mol. The van der Waals surface area contributed by atoms with Crippen LogP contribution in [0.2, 0.25) is 0 Å². The molecule has 0 aliphatic carbocycles. The number of piperidine rings is 1. The van der Waals surface area contributed by atoms with Gasteiger partial charge in [0.15, 0.2) is 0 Å². The summed E-state index contributed by atoms with van der Waals surface area (Å²) in [5.74, 6) is 1.03. The van der Waals surface area contributed by atoms with E-state index in [4.69, 9.17) is 4.74 Å². The fourth-order valence-corrected chi connectivity index (χ4v) is 3.70. The quantitative estimate of drug-likeness (QED) is 0.873. The number of likely N-dealkylation sites (tertiary alicyclic amines) is 2. The number of nitrogens with one attached hydrogen (secondary N) is 1. The van der Waals surface area contributed by atoms with Crippen molar-refractivity contribution in [1.82, 2.24) is 20.0 Å². The first-order chi connectivity index (χ1) is 11.6. The zero-order valence-corrected chi connectivity index (χ0v) is 14.5. The molecule has 24 heavy (non-hydrogen) atoms. The normalized spacial score (nSPS) is 22.4. The van der Waals surface area contributed by atoms with E-state index in [1.165, 1.54) is 0 Å². The van der Waals surface area contributed by atoms with Gasteiger partial charge in [0.05, 0.1) is 6.61 Å². The van der Waals surface area contributed by atoms with Crippen LogP contribution in [0.4, 0.5) is 0 Å². The maximum absolute atomic E-state index is 12.4.